The summed E-state index contributed by atoms with van der Waals surface area (Å²) in [4.78, 5) is 8.36. The highest BCUT2D eigenvalue weighted by Gasteiger charge is 2.20. The van der Waals surface area contributed by atoms with Crippen molar-refractivity contribution in [1.82, 2.24) is 9.97 Å². The van der Waals surface area contributed by atoms with Gasteiger partial charge in [0.05, 0.1) is 0 Å². The van der Waals surface area contributed by atoms with Gasteiger partial charge in [-0.25, -0.2) is 4.98 Å². The standard InChI is InChI=1S/C12H20N4/c1-2-9-4-3-5-10(8-9)15-12-14-7-6-11(13)16-12/h6-7,9-10H,2-5,8H2,1H3,(H3,13,14,15,16). The minimum atomic E-state index is 0.514. The first kappa shape index (κ1) is 11.2. The topological polar surface area (TPSA) is 63.8 Å². The zero-order valence-electron chi connectivity index (χ0n) is 9.82. The SMILES string of the molecule is CCC1CCCC(Nc2nccc(N)n2)C1. The highest BCUT2D eigenvalue weighted by atomic mass is 15.1. The van der Waals surface area contributed by atoms with Crippen LogP contribution in [0.1, 0.15) is 39.0 Å². The van der Waals surface area contributed by atoms with Gasteiger partial charge in [-0.2, -0.15) is 4.98 Å². The molecule has 2 unspecified atom stereocenters. The van der Waals surface area contributed by atoms with Crippen LogP contribution in [0, 0.1) is 5.92 Å². The molecule has 0 saturated heterocycles. The summed E-state index contributed by atoms with van der Waals surface area (Å²) in [5.74, 6) is 2.05. The zero-order chi connectivity index (χ0) is 11.4. The third kappa shape index (κ3) is 2.84. The number of nitrogens with one attached hydrogen (secondary N) is 1. The Kier molecular flexibility index (Phi) is 3.59. The number of rotatable bonds is 3. The number of nitrogen functional groups attached to an aromatic ring is 1. The van der Waals surface area contributed by atoms with Crippen LogP contribution in [0.15, 0.2) is 12.3 Å². The van der Waals surface area contributed by atoms with Crippen molar-refractivity contribution in [3.63, 3.8) is 0 Å². The molecular weight excluding hydrogens is 200 g/mol. The van der Waals surface area contributed by atoms with Gasteiger partial charge in [0.25, 0.3) is 0 Å². The highest BCUT2D eigenvalue weighted by molar-refractivity contribution is 5.35. The van der Waals surface area contributed by atoms with Crippen molar-refractivity contribution in [1.29, 1.82) is 0 Å². The second-order valence-corrected chi connectivity index (χ2v) is 4.59. The summed E-state index contributed by atoms with van der Waals surface area (Å²) < 4.78 is 0. The Hall–Kier alpha value is -1.32. The Morgan fingerprint density at radius 2 is 2.38 bits per heavy atom. The molecule has 16 heavy (non-hydrogen) atoms. The van der Waals surface area contributed by atoms with Crippen LogP contribution in [0.4, 0.5) is 11.8 Å². The smallest absolute Gasteiger partial charge is 0.224 e. The van der Waals surface area contributed by atoms with E-state index in [2.05, 4.69) is 22.2 Å². The molecule has 1 aromatic rings. The van der Waals surface area contributed by atoms with Gasteiger partial charge in [0.1, 0.15) is 5.82 Å². The summed E-state index contributed by atoms with van der Waals surface area (Å²) in [5, 5.41) is 3.38. The van der Waals surface area contributed by atoms with Crippen LogP contribution in [0.3, 0.4) is 0 Å². The molecule has 4 heteroatoms. The van der Waals surface area contributed by atoms with Crippen LogP contribution in [-0.2, 0) is 0 Å². The summed E-state index contributed by atoms with van der Waals surface area (Å²) in [6.07, 6.45) is 8.09. The van der Waals surface area contributed by atoms with E-state index in [-0.39, 0.29) is 0 Å². The fourth-order valence-electron chi connectivity index (χ4n) is 2.42. The predicted octanol–water partition coefficient (Wildman–Crippen LogP) is 2.44. The van der Waals surface area contributed by atoms with Gasteiger partial charge in [-0.3, -0.25) is 0 Å². The average Bonchev–Trinajstić information content (AvgIpc) is 2.29. The number of hydrogen-bond donors (Lipinski definition) is 2. The van der Waals surface area contributed by atoms with Crippen LogP contribution in [0.25, 0.3) is 0 Å². The molecule has 2 atom stereocenters. The molecule has 88 valence electrons. The van der Waals surface area contributed by atoms with Crippen molar-refractivity contribution in [2.45, 2.75) is 45.1 Å². The lowest BCUT2D eigenvalue weighted by molar-refractivity contribution is 0.326. The molecule has 1 heterocycles. The Bertz CT molecular complexity index is 340. The van der Waals surface area contributed by atoms with Crippen LogP contribution < -0.4 is 11.1 Å². The number of nitrogens with zero attached hydrogens (tertiary/aromatic N) is 2. The van der Waals surface area contributed by atoms with E-state index in [1.54, 1.807) is 12.3 Å². The minimum Gasteiger partial charge on any atom is -0.384 e. The van der Waals surface area contributed by atoms with Gasteiger partial charge in [0.2, 0.25) is 5.95 Å². The molecule has 0 spiro atoms. The van der Waals surface area contributed by atoms with Crippen LogP contribution in [-0.4, -0.2) is 16.0 Å². The number of anilines is 2. The monoisotopic (exact) mass is 220 g/mol. The first-order valence-corrected chi connectivity index (χ1v) is 6.13. The summed E-state index contributed by atoms with van der Waals surface area (Å²) in [6, 6.07) is 2.22. The maximum Gasteiger partial charge on any atom is 0.224 e. The van der Waals surface area contributed by atoms with Gasteiger partial charge in [-0.15, -0.1) is 0 Å². The highest BCUT2D eigenvalue weighted by Crippen LogP contribution is 2.27. The largest absolute Gasteiger partial charge is 0.384 e. The van der Waals surface area contributed by atoms with E-state index in [1.165, 1.54) is 32.1 Å². The van der Waals surface area contributed by atoms with Crippen LogP contribution in [0.2, 0.25) is 0 Å². The van der Waals surface area contributed by atoms with E-state index in [0.29, 0.717) is 17.8 Å². The lowest BCUT2D eigenvalue weighted by Crippen LogP contribution is -2.28. The van der Waals surface area contributed by atoms with E-state index in [1.807, 2.05) is 0 Å². The van der Waals surface area contributed by atoms with E-state index in [4.69, 9.17) is 5.73 Å². The van der Waals surface area contributed by atoms with Crippen molar-refractivity contribution >= 4 is 11.8 Å². The molecular formula is C12H20N4. The third-order valence-electron chi connectivity index (χ3n) is 3.37. The molecule has 0 radical (unpaired) electrons. The van der Waals surface area contributed by atoms with Gasteiger partial charge in [-0.1, -0.05) is 26.2 Å². The van der Waals surface area contributed by atoms with E-state index in [9.17, 15) is 0 Å². The van der Waals surface area contributed by atoms with Gasteiger partial charge in [0, 0.05) is 12.2 Å². The molecule has 1 aliphatic carbocycles. The Morgan fingerprint density at radius 3 is 3.12 bits per heavy atom. The zero-order valence-corrected chi connectivity index (χ0v) is 9.82. The third-order valence-corrected chi connectivity index (χ3v) is 3.37. The maximum atomic E-state index is 5.63. The Labute approximate surface area is 96.7 Å². The number of hydrogen-bond acceptors (Lipinski definition) is 4. The molecule has 0 amide bonds. The molecule has 1 aliphatic rings. The molecule has 4 nitrogen and oxygen atoms in total. The maximum absolute atomic E-state index is 5.63. The van der Waals surface area contributed by atoms with Crippen molar-refractivity contribution in [2.75, 3.05) is 11.1 Å². The molecule has 1 aromatic heterocycles. The number of aromatic nitrogens is 2. The lowest BCUT2D eigenvalue weighted by Gasteiger charge is -2.29. The van der Waals surface area contributed by atoms with Crippen LogP contribution in [0.5, 0.6) is 0 Å². The van der Waals surface area contributed by atoms with Gasteiger partial charge in [0.15, 0.2) is 0 Å². The van der Waals surface area contributed by atoms with E-state index in [0.717, 1.165) is 5.92 Å². The first-order chi connectivity index (χ1) is 7.78. The molecule has 3 N–H and O–H groups in total. The van der Waals surface area contributed by atoms with Gasteiger partial charge >= 0.3 is 0 Å². The summed E-state index contributed by atoms with van der Waals surface area (Å²) in [7, 11) is 0. The Morgan fingerprint density at radius 1 is 1.50 bits per heavy atom. The van der Waals surface area contributed by atoms with Crippen molar-refractivity contribution in [3.8, 4) is 0 Å². The summed E-state index contributed by atoms with van der Waals surface area (Å²) >= 11 is 0. The second kappa shape index (κ2) is 5.14. The number of nitrogens with two attached hydrogens (primary N) is 1. The quantitative estimate of drug-likeness (QED) is 0.821. The molecule has 1 saturated carbocycles. The molecule has 1 fully saturated rings. The summed E-state index contributed by atoms with van der Waals surface area (Å²) in [5.41, 5.74) is 5.63. The van der Waals surface area contributed by atoms with Crippen LogP contribution >= 0.6 is 0 Å². The lowest BCUT2D eigenvalue weighted by atomic mass is 9.84. The van der Waals surface area contributed by atoms with Crippen molar-refractivity contribution in [2.24, 2.45) is 5.92 Å². The Balaban J connectivity index is 1.94. The van der Waals surface area contributed by atoms with Gasteiger partial charge in [-0.05, 0) is 24.8 Å². The minimum absolute atomic E-state index is 0.514. The fourth-order valence-corrected chi connectivity index (χ4v) is 2.42. The molecule has 2 rings (SSSR count). The van der Waals surface area contributed by atoms with E-state index < -0.39 is 0 Å². The van der Waals surface area contributed by atoms with Gasteiger partial charge < -0.3 is 11.1 Å². The molecule has 0 aromatic carbocycles. The molecule has 0 aliphatic heterocycles. The molecule has 0 bridgehead atoms. The van der Waals surface area contributed by atoms with Crippen molar-refractivity contribution in [3.05, 3.63) is 12.3 Å². The average molecular weight is 220 g/mol. The first-order valence-electron chi connectivity index (χ1n) is 6.13. The fraction of sp³-hybridized carbons (Fsp3) is 0.667. The van der Waals surface area contributed by atoms with Crippen molar-refractivity contribution < 1.29 is 0 Å². The van der Waals surface area contributed by atoms with E-state index >= 15 is 0 Å². The normalized spacial score (nSPS) is 25.3. The summed E-state index contributed by atoms with van der Waals surface area (Å²) in [6.45, 7) is 2.27. The predicted molar refractivity (Wildman–Crippen MR) is 66.1 cm³/mol. The second-order valence-electron chi connectivity index (χ2n) is 4.59.